The first-order chi connectivity index (χ1) is 9.81. The average molecular weight is 294 g/mol. The molecule has 1 unspecified atom stereocenters. The number of halogens is 1. The Bertz CT molecular complexity index is 584. The minimum Gasteiger partial charge on any atom is -0.374 e. The largest absolute Gasteiger partial charge is 0.374 e. The number of ether oxygens (including phenoxy) is 1. The van der Waals surface area contributed by atoms with E-state index in [0.29, 0.717) is 5.88 Å². The van der Waals surface area contributed by atoms with Crippen molar-refractivity contribution in [3.05, 3.63) is 30.0 Å². The standard InChI is InChI=1S/C15H20ClN3O/c1-2-19-15-6-4-3-5-13(15)14(17-19)11-18-7-8-20-12(9-16)10-18/h3-6,12H,2,7-11H2,1H3. The number of rotatable bonds is 4. The highest BCUT2D eigenvalue weighted by atomic mass is 35.5. The summed E-state index contributed by atoms with van der Waals surface area (Å²) in [6.07, 6.45) is 0.143. The molecule has 1 aromatic carbocycles. The SMILES string of the molecule is CCn1nc(CN2CCOC(CCl)C2)c2ccccc21. The number of morpholine rings is 1. The zero-order valence-corrected chi connectivity index (χ0v) is 12.5. The van der Waals surface area contributed by atoms with Gasteiger partial charge in [0, 0.05) is 37.4 Å². The highest BCUT2D eigenvalue weighted by Crippen LogP contribution is 2.20. The van der Waals surface area contributed by atoms with E-state index < -0.39 is 0 Å². The lowest BCUT2D eigenvalue weighted by Gasteiger charge is -2.31. The van der Waals surface area contributed by atoms with Gasteiger partial charge in [-0.1, -0.05) is 18.2 Å². The van der Waals surface area contributed by atoms with Crippen molar-refractivity contribution in [3.63, 3.8) is 0 Å². The van der Waals surface area contributed by atoms with Gasteiger partial charge in [-0.05, 0) is 13.0 Å². The Kier molecular flexibility index (Phi) is 4.24. The maximum absolute atomic E-state index is 5.90. The fraction of sp³-hybridized carbons (Fsp3) is 0.533. The predicted molar refractivity (Wildman–Crippen MR) is 81.1 cm³/mol. The van der Waals surface area contributed by atoms with Crippen LogP contribution in [0.5, 0.6) is 0 Å². The molecule has 1 aliphatic heterocycles. The lowest BCUT2D eigenvalue weighted by molar-refractivity contribution is -0.0197. The molecule has 0 spiro atoms. The van der Waals surface area contributed by atoms with Gasteiger partial charge in [-0.2, -0.15) is 5.10 Å². The summed E-state index contributed by atoms with van der Waals surface area (Å²) < 4.78 is 7.68. The van der Waals surface area contributed by atoms with Crippen molar-refractivity contribution in [3.8, 4) is 0 Å². The van der Waals surface area contributed by atoms with E-state index in [4.69, 9.17) is 21.4 Å². The molecule has 108 valence electrons. The molecule has 1 aliphatic rings. The van der Waals surface area contributed by atoms with E-state index >= 15 is 0 Å². The van der Waals surface area contributed by atoms with Crippen LogP contribution < -0.4 is 0 Å². The monoisotopic (exact) mass is 293 g/mol. The summed E-state index contributed by atoms with van der Waals surface area (Å²) in [7, 11) is 0. The van der Waals surface area contributed by atoms with Crippen molar-refractivity contribution in [2.24, 2.45) is 0 Å². The predicted octanol–water partition coefficient (Wildman–Crippen LogP) is 2.50. The van der Waals surface area contributed by atoms with Gasteiger partial charge in [-0.25, -0.2) is 0 Å². The lowest BCUT2D eigenvalue weighted by Crippen LogP contribution is -2.42. The Labute approximate surface area is 124 Å². The molecule has 1 atom stereocenters. The molecular formula is C15H20ClN3O. The van der Waals surface area contributed by atoms with E-state index in [1.54, 1.807) is 0 Å². The summed E-state index contributed by atoms with van der Waals surface area (Å²) >= 11 is 5.90. The lowest BCUT2D eigenvalue weighted by atomic mass is 10.2. The molecule has 0 saturated carbocycles. The van der Waals surface area contributed by atoms with E-state index in [0.717, 1.165) is 38.5 Å². The number of para-hydroxylation sites is 1. The van der Waals surface area contributed by atoms with E-state index in [9.17, 15) is 0 Å². The van der Waals surface area contributed by atoms with Crippen LogP contribution in [0, 0.1) is 0 Å². The number of nitrogens with zero attached hydrogens (tertiary/aromatic N) is 3. The number of hydrogen-bond donors (Lipinski definition) is 0. The number of benzene rings is 1. The van der Waals surface area contributed by atoms with Crippen LogP contribution >= 0.6 is 11.6 Å². The molecule has 2 heterocycles. The van der Waals surface area contributed by atoms with Crippen LogP contribution in [0.15, 0.2) is 24.3 Å². The Morgan fingerprint density at radius 1 is 1.40 bits per heavy atom. The molecule has 0 N–H and O–H groups in total. The second kappa shape index (κ2) is 6.12. The first-order valence-corrected chi connectivity index (χ1v) is 7.69. The van der Waals surface area contributed by atoms with E-state index in [1.165, 1.54) is 10.9 Å². The van der Waals surface area contributed by atoms with Gasteiger partial charge in [-0.3, -0.25) is 9.58 Å². The van der Waals surface area contributed by atoms with E-state index in [1.807, 2.05) is 0 Å². The number of aromatic nitrogens is 2. The van der Waals surface area contributed by atoms with Crippen molar-refractivity contribution in [1.29, 1.82) is 0 Å². The maximum Gasteiger partial charge on any atom is 0.0843 e. The fourth-order valence-electron chi connectivity index (χ4n) is 2.78. The molecule has 3 rings (SSSR count). The second-order valence-corrected chi connectivity index (χ2v) is 5.47. The summed E-state index contributed by atoms with van der Waals surface area (Å²) in [6, 6.07) is 8.44. The highest BCUT2D eigenvalue weighted by molar-refractivity contribution is 6.18. The Balaban J connectivity index is 1.83. The van der Waals surface area contributed by atoms with Gasteiger partial charge < -0.3 is 4.74 Å². The zero-order valence-electron chi connectivity index (χ0n) is 11.8. The average Bonchev–Trinajstić information content (AvgIpc) is 2.86. The Morgan fingerprint density at radius 3 is 3.05 bits per heavy atom. The quantitative estimate of drug-likeness (QED) is 0.812. The van der Waals surface area contributed by atoms with Crippen LogP contribution in [0.25, 0.3) is 10.9 Å². The normalized spacial score (nSPS) is 20.6. The van der Waals surface area contributed by atoms with E-state index in [2.05, 4.69) is 40.8 Å². The molecule has 0 bridgehead atoms. The third kappa shape index (κ3) is 2.68. The smallest absolute Gasteiger partial charge is 0.0843 e. The van der Waals surface area contributed by atoms with Gasteiger partial charge in [0.2, 0.25) is 0 Å². The number of hydrogen-bond acceptors (Lipinski definition) is 3. The van der Waals surface area contributed by atoms with Gasteiger partial charge in [0.25, 0.3) is 0 Å². The topological polar surface area (TPSA) is 30.3 Å². The van der Waals surface area contributed by atoms with Crippen LogP contribution in [-0.2, 0) is 17.8 Å². The van der Waals surface area contributed by atoms with Crippen LogP contribution in [0.1, 0.15) is 12.6 Å². The molecule has 0 radical (unpaired) electrons. The molecule has 1 fully saturated rings. The summed E-state index contributed by atoms with van der Waals surface area (Å²) in [6.45, 7) is 6.47. The Morgan fingerprint density at radius 2 is 2.25 bits per heavy atom. The summed E-state index contributed by atoms with van der Waals surface area (Å²) in [4.78, 5) is 2.38. The summed E-state index contributed by atoms with van der Waals surface area (Å²) in [5, 5.41) is 6.01. The molecule has 1 aromatic heterocycles. The Hall–Kier alpha value is -1.10. The van der Waals surface area contributed by atoms with Gasteiger partial charge in [-0.15, -0.1) is 11.6 Å². The third-order valence-electron chi connectivity index (χ3n) is 3.80. The van der Waals surface area contributed by atoms with Crippen molar-refractivity contribution in [2.45, 2.75) is 26.1 Å². The molecule has 4 nitrogen and oxygen atoms in total. The van der Waals surface area contributed by atoms with Gasteiger partial charge in [0.05, 0.1) is 23.9 Å². The number of aryl methyl sites for hydroxylation is 1. The molecule has 2 aromatic rings. The number of fused-ring (bicyclic) bond motifs is 1. The van der Waals surface area contributed by atoms with Crippen LogP contribution in [0.2, 0.25) is 0 Å². The summed E-state index contributed by atoms with van der Waals surface area (Å²) in [5.41, 5.74) is 2.37. The van der Waals surface area contributed by atoms with Crippen molar-refractivity contribution >= 4 is 22.5 Å². The molecule has 0 amide bonds. The first kappa shape index (κ1) is 13.9. The third-order valence-corrected chi connectivity index (χ3v) is 4.15. The minimum atomic E-state index is 0.143. The minimum absolute atomic E-state index is 0.143. The highest BCUT2D eigenvalue weighted by Gasteiger charge is 2.21. The van der Waals surface area contributed by atoms with Crippen LogP contribution in [0.4, 0.5) is 0 Å². The molecule has 1 saturated heterocycles. The second-order valence-electron chi connectivity index (χ2n) is 5.16. The summed E-state index contributed by atoms with van der Waals surface area (Å²) in [5.74, 6) is 0.556. The van der Waals surface area contributed by atoms with Crippen LogP contribution in [0.3, 0.4) is 0 Å². The van der Waals surface area contributed by atoms with Crippen LogP contribution in [-0.4, -0.2) is 46.4 Å². The van der Waals surface area contributed by atoms with E-state index in [-0.39, 0.29) is 6.10 Å². The first-order valence-electron chi connectivity index (χ1n) is 7.16. The maximum atomic E-state index is 5.90. The molecule has 20 heavy (non-hydrogen) atoms. The van der Waals surface area contributed by atoms with Gasteiger partial charge >= 0.3 is 0 Å². The molecule has 0 aliphatic carbocycles. The fourth-order valence-corrected chi connectivity index (χ4v) is 2.97. The zero-order chi connectivity index (χ0) is 13.9. The number of alkyl halides is 1. The van der Waals surface area contributed by atoms with Gasteiger partial charge in [0.15, 0.2) is 0 Å². The molecule has 5 heteroatoms. The van der Waals surface area contributed by atoms with Crippen molar-refractivity contribution in [2.75, 3.05) is 25.6 Å². The van der Waals surface area contributed by atoms with Crippen molar-refractivity contribution in [1.82, 2.24) is 14.7 Å². The van der Waals surface area contributed by atoms with Gasteiger partial charge in [0.1, 0.15) is 0 Å². The molecular weight excluding hydrogens is 274 g/mol. The van der Waals surface area contributed by atoms with Crippen molar-refractivity contribution < 1.29 is 4.74 Å².